The molecule has 1 aromatic heterocycles. The summed E-state index contributed by atoms with van der Waals surface area (Å²) in [5.41, 5.74) is 1.14. The molecule has 0 unspecified atom stereocenters. The fraction of sp³-hybridized carbons (Fsp3) is 0.500. The van der Waals surface area contributed by atoms with Crippen molar-refractivity contribution in [3.8, 4) is 0 Å². The Labute approximate surface area is 89.9 Å². The molecule has 0 atom stereocenters. The standard InChI is InChI=1S/C10H14N2O2S/c13-15(14)6-4-12(5-7-15)9-10-2-1-3-11-8-10/h1-3,8H,4-7,9H2. The number of rotatable bonds is 2. The van der Waals surface area contributed by atoms with Crippen LogP contribution in [0.5, 0.6) is 0 Å². The van der Waals surface area contributed by atoms with Crippen LogP contribution in [0.15, 0.2) is 24.5 Å². The Bertz CT molecular complexity index is 402. The molecule has 5 heteroatoms. The summed E-state index contributed by atoms with van der Waals surface area (Å²) in [5, 5.41) is 0. The second kappa shape index (κ2) is 4.28. The number of nitrogens with zero attached hydrogens (tertiary/aromatic N) is 2. The molecule has 0 radical (unpaired) electrons. The van der Waals surface area contributed by atoms with Crippen LogP contribution in [0.4, 0.5) is 0 Å². The van der Waals surface area contributed by atoms with E-state index in [0.29, 0.717) is 13.1 Å². The van der Waals surface area contributed by atoms with E-state index >= 15 is 0 Å². The summed E-state index contributed by atoms with van der Waals surface area (Å²) in [5.74, 6) is 0.570. The average molecular weight is 226 g/mol. The van der Waals surface area contributed by atoms with Crippen molar-refractivity contribution in [1.29, 1.82) is 0 Å². The highest BCUT2D eigenvalue weighted by atomic mass is 32.2. The Morgan fingerprint density at radius 1 is 1.33 bits per heavy atom. The van der Waals surface area contributed by atoms with Crippen molar-refractivity contribution in [2.75, 3.05) is 24.6 Å². The SMILES string of the molecule is O=S1(=O)CCN(Cc2cccnc2)CC1. The predicted molar refractivity (Wildman–Crippen MR) is 58.2 cm³/mol. The van der Waals surface area contributed by atoms with Crippen molar-refractivity contribution < 1.29 is 8.42 Å². The molecule has 0 aromatic carbocycles. The van der Waals surface area contributed by atoms with Gasteiger partial charge in [-0.05, 0) is 11.6 Å². The molecule has 0 bridgehead atoms. The van der Waals surface area contributed by atoms with Crippen LogP contribution in [0, 0.1) is 0 Å². The third kappa shape index (κ3) is 3.00. The van der Waals surface area contributed by atoms with Crippen molar-refractivity contribution in [2.24, 2.45) is 0 Å². The first-order chi connectivity index (χ1) is 7.16. The van der Waals surface area contributed by atoms with Gasteiger partial charge in [-0.15, -0.1) is 0 Å². The van der Waals surface area contributed by atoms with E-state index in [-0.39, 0.29) is 11.5 Å². The summed E-state index contributed by atoms with van der Waals surface area (Å²) in [6.07, 6.45) is 3.56. The van der Waals surface area contributed by atoms with E-state index in [9.17, 15) is 8.42 Å². The number of aromatic nitrogens is 1. The Morgan fingerprint density at radius 2 is 2.07 bits per heavy atom. The molecule has 0 N–H and O–H groups in total. The van der Waals surface area contributed by atoms with Gasteiger partial charge in [0, 0.05) is 32.0 Å². The molecule has 0 aliphatic carbocycles. The molecule has 15 heavy (non-hydrogen) atoms. The van der Waals surface area contributed by atoms with Crippen LogP contribution in [0.2, 0.25) is 0 Å². The summed E-state index contributed by atoms with van der Waals surface area (Å²) in [6, 6.07) is 3.91. The third-order valence-electron chi connectivity index (χ3n) is 2.57. The molecular weight excluding hydrogens is 212 g/mol. The molecule has 2 heterocycles. The zero-order chi connectivity index (χ0) is 10.7. The summed E-state index contributed by atoms with van der Waals surface area (Å²) in [7, 11) is -2.77. The first-order valence-electron chi connectivity index (χ1n) is 4.97. The summed E-state index contributed by atoms with van der Waals surface area (Å²) in [4.78, 5) is 6.18. The molecule has 1 fully saturated rings. The first-order valence-corrected chi connectivity index (χ1v) is 6.79. The van der Waals surface area contributed by atoms with Crippen molar-refractivity contribution >= 4 is 9.84 Å². The van der Waals surface area contributed by atoms with Crippen LogP contribution in [0.1, 0.15) is 5.56 Å². The van der Waals surface area contributed by atoms with Gasteiger partial charge in [-0.3, -0.25) is 9.88 Å². The average Bonchev–Trinajstić information content (AvgIpc) is 2.23. The second-order valence-corrected chi connectivity index (χ2v) is 6.09. The van der Waals surface area contributed by atoms with E-state index in [1.807, 2.05) is 18.3 Å². The number of hydrogen-bond donors (Lipinski definition) is 0. The lowest BCUT2D eigenvalue weighted by molar-refractivity contribution is 0.287. The van der Waals surface area contributed by atoms with Crippen LogP contribution >= 0.6 is 0 Å². The highest BCUT2D eigenvalue weighted by molar-refractivity contribution is 7.91. The zero-order valence-corrected chi connectivity index (χ0v) is 9.28. The minimum atomic E-state index is -2.77. The topological polar surface area (TPSA) is 50.3 Å². The number of hydrogen-bond acceptors (Lipinski definition) is 4. The van der Waals surface area contributed by atoms with Crippen LogP contribution in [-0.4, -0.2) is 42.9 Å². The maximum absolute atomic E-state index is 11.2. The summed E-state index contributed by atoms with van der Waals surface area (Å²) in [6.45, 7) is 2.07. The highest BCUT2D eigenvalue weighted by Crippen LogP contribution is 2.08. The number of sulfone groups is 1. The Morgan fingerprint density at radius 3 is 2.67 bits per heavy atom. The van der Waals surface area contributed by atoms with Gasteiger partial charge in [0.2, 0.25) is 0 Å². The van der Waals surface area contributed by atoms with Crippen LogP contribution < -0.4 is 0 Å². The molecule has 4 nitrogen and oxygen atoms in total. The van der Waals surface area contributed by atoms with Crippen LogP contribution in [0.3, 0.4) is 0 Å². The lowest BCUT2D eigenvalue weighted by Gasteiger charge is -2.26. The molecule has 0 amide bonds. The van der Waals surface area contributed by atoms with Gasteiger partial charge in [0.15, 0.2) is 9.84 Å². The molecule has 1 saturated heterocycles. The van der Waals surface area contributed by atoms with Gasteiger partial charge < -0.3 is 0 Å². The lowest BCUT2D eigenvalue weighted by Crippen LogP contribution is -2.39. The zero-order valence-electron chi connectivity index (χ0n) is 8.46. The Balaban J connectivity index is 1.93. The maximum Gasteiger partial charge on any atom is 0.152 e. The minimum Gasteiger partial charge on any atom is -0.297 e. The fourth-order valence-corrected chi connectivity index (χ4v) is 2.94. The Kier molecular flexibility index (Phi) is 3.02. The van der Waals surface area contributed by atoms with Crippen LogP contribution in [0.25, 0.3) is 0 Å². The van der Waals surface area contributed by atoms with E-state index < -0.39 is 9.84 Å². The highest BCUT2D eigenvalue weighted by Gasteiger charge is 2.21. The lowest BCUT2D eigenvalue weighted by atomic mass is 10.2. The molecule has 1 aliphatic rings. The number of pyridine rings is 1. The molecule has 0 spiro atoms. The normalized spacial score (nSPS) is 21.3. The monoisotopic (exact) mass is 226 g/mol. The van der Waals surface area contributed by atoms with Gasteiger partial charge in [0.05, 0.1) is 11.5 Å². The van der Waals surface area contributed by atoms with Crippen molar-refractivity contribution in [3.05, 3.63) is 30.1 Å². The molecular formula is C10H14N2O2S. The van der Waals surface area contributed by atoms with Crippen molar-refractivity contribution in [2.45, 2.75) is 6.54 Å². The molecule has 1 aliphatic heterocycles. The molecule has 1 aromatic rings. The van der Waals surface area contributed by atoms with E-state index in [1.165, 1.54) is 0 Å². The van der Waals surface area contributed by atoms with Crippen LogP contribution in [-0.2, 0) is 16.4 Å². The van der Waals surface area contributed by atoms with Gasteiger partial charge in [-0.25, -0.2) is 8.42 Å². The van der Waals surface area contributed by atoms with Crippen molar-refractivity contribution in [3.63, 3.8) is 0 Å². The van der Waals surface area contributed by atoms with E-state index in [2.05, 4.69) is 9.88 Å². The molecule has 82 valence electrons. The van der Waals surface area contributed by atoms with E-state index in [4.69, 9.17) is 0 Å². The van der Waals surface area contributed by atoms with Gasteiger partial charge in [0.25, 0.3) is 0 Å². The fourth-order valence-electron chi connectivity index (χ4n) is 1.66. The minimum absolute atomic E-state index is 0.285. The Hall–Kier alpha value is -0.940. The summed E-state index contributed by atoms with van der Waals surface area (Å²) >= 11 is 0. The third-order valence-corrected chi connectivity index (χ3v) is 4.18. The first kappa shape index (κ1) is 10.6. The molecule has 2 rings (SSSR count). The quantitative estimate of drug-likeness (QED) is 0.728. The van der Waals surface area contributed by atoms with Gasteiger partial charge in [-0.1, -0.05) is 6.07 Å². The van der Waals surface area contributed by atoms with Crippen molar-refractivity contribution in [1.82, 2.24) is 9.88 Å². The largest absolute Gasteiger partial charge is 0.297 e. The van der Waals surface area contributed by atoms with Gasteiger partial charge >= 0.3 is 0 Å². The van der Waals surface area contributed by atoms with Gasteiger partial charge in [-0.2, -0.15) is 0 Å². The second-order valence-electron chi connectivity index (χ2n) is 3.79. The molecule has 0 saturated carbocycles. The predicted octanol–water partition coefficient (Wildman–Crippen LogP) is 0.312. The maximum atomic E-state index is 11.2. The van der Waals surface area contributed by atoms with E-state index in [0.717, 1.165) is 12.1 Å². The van der Waals surface area contributed by atoms with E-state index in [1.54, 1.807) is 6.20 Å². The smallest absolute Gasteiger partial charge is 0.152 e. The van der Waals surface area contributed by atoms with Gasteiger partial charge in [0.1, 0.15) is 0 Å². The summed E-state index contributed by atoms with van der Waals surface area (Å²) < 4.78 is 22.4.